The summed E-state index contributed by atoms with van der Waals surface area (Å²) in [5, 5.41) is 14.4. The smallest absolute Gasteiger partial charge is 0.258 e. The average molecular weight is 248 g/mol. The molecule has 0 radical (unpaired) electrons. The lowest BCUT2D eigenvalue weighted by molar-refractivity contribution is -0.385. The van der Waals surface area contributed by atoms with E-state index in [1.807, 2.05) is 20.8 Å². The molecular formula is C7H10BrN3O2. The number of halogens is 1. The van der Waals surface area contributed by atoms with Gasteiger partial charge in [0.25, 0.3) is 0 Å². The molecule has 1 heterocycles. The second-order valence-electron chi connectivity index (χ2n) is 3.66. The first-order valence-corrected chi connectivity index (χ1v) is 4.51. The summed E-state index contributed by atoms with van der Waals surface area (Å²) in [6.45, 7) is 5.78. The highest BCUT2D eigenvalue weighted by molar-refractivity contribution is 9.10. The molecule has 0 aliphatic heterocycles. The van der Waals surface area contributed by atoms with Crippen LogP contribution in [0.2, 0.25) is 0 Å². The fraction of sp³-hybridized carbons (Fsp3) is 0.571. The van der Waals surface area contributed by atoms with Crippen molar-refractivity contribution in [3.63, 3.8) is 0 Å². The first kappa shape index (κ1) is 10.2. The molecule has 0 aromatic carbocycles. The van der Waals surface area contributed by atoms with Gasteiger partial charge in [-0.25, -0.2) is 4.68 Å². The molecule has 0 fully saturated rings. The van der Waals surface area contributed by atoms with E-state index in [1.165, 1.54) is 6.20 Å². The minimum absolute atomic E-state index is 0.00470. The Morgan fingerprint density at radius 3 is 2.38 bits per heavy atom. The summed E-state index contributed by atoms with van der Waals surface area (Å²) in [5.41, 5.74) is -0.262. The summed E-state index contributed by atoms with van der Waals surface area (Å²) in [7, 11) is 0. The Morgan fingerprint density at radius 1 is 1.62 bits per heavy atom. The van der Waals surface area contributed by atoms with Crippen LogP contribution >= 0.6 is 15.9 Å². The molecule has 0 aliphatic carbocycles. The molecular weight excluding hydrogens is 238 g/mol. The van der Waals surface area contributed by atoms with Gasteiger partial charge in [-0.15, -0.1) is 0 Å². The van der Waals surface area contributed by atoms with E-state index in [0.717, 1.165) is 0 Å². The number of rotatable bonds is 1. The van der Waals surface area contributed by atoms with Crippen LogP contribution in [0, 0.1) is 10.1 Å². The van der Waals surface area contributed by atoms with Gasteiger partial charge in [0, 0.05) is 0 Å². The van der Waals surface area contributed by atoms with E-state index < -0.39 is 4.92 Å². The van der Waals surface area contributed by atoms with Gasteiger partial charge in [0.05, 0.1) is 10.5 Å². The summed E-state index contributed by atoms with van der Waals surface area (Å²) in [4.78, 5) is 10.0. The maximum absolute atomic E-state index is 10.5. The Morgan fingerprint density at radius 2 is 2.15 bits per heavy atom. The van der Waals surface area contributed by atoms with Crippen molar-refractivity contribution in [1.29, 1.82) is 0 Å². The standard InChI is InChI=1S/C7H10BrN3O2/c1-7(2,3)10-6(8)5(4-9-10)11(12)13/h4H,1-3H3. The summed E-state index contributed by atoms with van der Waals surface area (Å²) in [6.07, 6.45) is 1.25. The van der Waals surface area contributed by atoms with Crippen molar-refractivity contribution in [2.24, 2.45) is 0 Å². The highest BCUT2D eigenvalue weighted by Crippen LogP contribution is 2.28. The zero-order valence-electron chi connectivity index (χ0n) is 7.61. The maximum Gasteiger partial charge on any atom is 0.321 e. The summed E-state index contributed by atoms with van der Waals surface area (Å²) >= 11 is 3.15. The lowest BCUT2D eigenvalue weighted by atomic mass is 10.1. The molecule has 0 atom stereocenters. The number of hydrogen-bond acceptors (Lipinski definition) is 3. The molecule has 6 heteroatoms. The van der Waals surface area contributed by atoms with Crippen molar-refractivity contribution in [2.45, 2.75) is 26.3 Å². The largest absolute Gasteiger partial charge is 0.321 e. The van der Waals surface area contributed by atoms with Crippen molar-refractivity contribution in [2.75, 3.05) is 0 Å². The Kier molecular flexibility index (Phi) is 2.42. The van der Waals surface area contributed by atoms with Gasteiger partial charge in [-0.3, -0.25) is 10.1 Å². The minimum atomic E-state index is -0.459. The molecule has 0 unspecified atom stereocenters. The van der Waals surface area contributed by atoms with Crippen molar-refractivity contribution in [3.8, 4) is 0 Å². The minimum Gasteiger partial charge on any atom is -0.258 e. The van der Waals surface area contributed by atoms with E-state index in [9.17, 15) is 10.1 Å². The Bertz CT molecular complexity index is 340. The fourth-order valence-electron chi connectivity index (χ4n) is 0.915. The third-order valence-electron chi connectivity index (χ3n) is 1.52. The van der Waals surface area contributed by atoms with Crippen molar-refractivity contribution in [1.82, 2.24) is 9.78 Å². The monoisotopic (exact) mass is 247 g/mol. The lowest BCUT2D eigenvalue weighted by Gasteiger charge is -2.19. The van der Waals surface area contributed by atoms with Gasteiger partial charge in [0.2, 0.25) is 0 Å². The van der Waals surface area contributed by atoms with Gasteiger partial charge in [0.1, 0.15) is 6.20 Å². The van der Waals surface area contributed by atoms with Gasteiger partial charge in [-0.2, -0.15) is 5.10 Å². The topological polar surface area (TPSA) is 61.0 Å². The molecule has 0 N–H and O–H groups in total. The van der Waals surface area contributed by atoms with Crippen molar-refractivity contribution >= 4 is 21.6 Å². The van der Waals surface area contributed by atoms with Gasteiger partial charge in [0.15, 0.2) is 4.60 Å². The molecule has 1 aromatic rings. The van der Waals surface area contributed by atoms with Crippen LogP contribution < -0.4 is 0 Å². The SMILES string of the molecule is CC(C)(C)n1ncc([N+](=O)[O-])c1Br. The second-order valence-corrected chi connectivity index (χ2v) is 4.41. The Balaban J connectivity index is 3.22. The molecule has 1 aromatic heterocycles. The van der Waals surface area contributed by atoms with Crippen LogP contribution in [-0.4, -0.2) is 14.7 Å². The van der Waals surface area contributed by atoms with Crippen LogP contribution in [-0.2, 0) is 5.54 Å². The van der Waals surface area contributed by atoms with Gasteiger partial charge >= 0.3 is 5.69 Å². The first-order chi connectivity index (χ1) is 5.84. The Hall–Kier alpha value is -0.910. The molecule has 0 saturated heterocycles. The normalized spacial score (nSPS) is 11.7. The van der Waals surface area contributed by atoms with E-state index in [-0.39, 0.29) is 11.2 Å². The molecule has 5 nitrogen and oxygen atoms in total. The van der Waals surface area contributed by atoms with E-state index in [2.05, 4.69) is 21.0 Å². The maximum atomic E-state index is 10.5. The van der Waals surface area contributed by atoms with E-state index in [1.54, 1.807) is 4.68 Å². The molecule has 72 valence electrons. The van der Waals surface area contributed by atoms with Crippen molar-refractivity contribution < 1.29 is 4.92 Å². The zero-order chi connectivity index (χ0) is 10.2. The predicted octanol–water partition coefficient (Wildman–Crippen LogP) is 2.31. The highest BCUT2D eigenvalue weighted by atomic mass is 79.9. The van der Waals surface area contributed by atoms with E-state index in [0.29, 0.717) is 4.60 Å². The lowest BCUT2D eigenvalue weighted by Crippen LogP contribution is -2.23. The molecule has 13 heavy (non-hydrogen) atoms. The third kappa shape index (κ3) is 1.88. The second kappa shape index (κ2) is 3.10. The summed E-state index contributed by atoms with van der Waals surface area (Å²) < 4.78 is 1.98. The molecule has 0 spiro atoms. The molecule has 0 saturated carbocycles. The van der Waals surface area contributed by atoms with Crippen LogP contribution in [0.5, 0.6) is 0 Å². The number of nitrogens with zero attached hydrogens (tertiary/aromatic N) is 3. The van der Waals surface area contributed by atoms with Gasteiger partial charge < -0.3 is 0 Å². The van der Waals surface area contributed by atoms with E-state index in [4.69, 9.17) is 0 Å². The van der Waals surface area contributed by atoms with Crippen LogP contribution in [0.1, 0.15) is 20.8 Å². The third-order valence-corrected chi connectivity index (χ3v) is 2.27. The molecule has 1 rings (SSSR count). The number of hydrogen-bond donors (Lipinski definition) is 0. The van der Waals surface area contributed by atoms with Gasteiger partial charge in [-0.1, -0.05) is 0 Å². The van der Waals surface area contributed by atoms with Crippen molar-refractivity contribution in [3.05, 3.63) is 20.9 Å². The Labute approximate surface area is 84.0 Å². The first-order valence-electron chi connectivity index (χ1n) is 3.72. The quantitative estimate of drug-likeness (QED) is 0.565. The summed E-state index contributed by atoms with van der Waals surface area (Å²) in [6, 6.07) is 0. The number of nitro groups is 1. The predicted molar refractivity (Wildman–Crippen MR) is 51.6 cm³/mol. The highest BCUT2D eigenvalue weighted by Gasteiger charge is 2.24. The van der Waals surface area contributed by atoms with Crippen LogP contribution in [0.25, 0.3) is 0 Å². The van der Waals surface area contributed by atoms with Crippen LogP contribution in [0.15, 0.2) is 10.8 Å². The average Bonchev–Trinajstić information content (AvgIpc) is 2.28. The summed E-state index contributed by atoms with van der Waals surface area (Å²) in [5.74, 6) is 0. The zero-order valence-corrected chi connectivity index (χ0v) is 9.20. The molecule has 0 bridgehead atoms. The van der Waals surface area contributed by atoms with Gasteiger partial charge in [-0.05, 0) is 36.7 Å². The van der Waals surface area contributed by atoms with Crippen LogP contribution in [0.4, 0.5) is 5.69 Å². The fourth-order valence-corrected chi connectivity index (χ4v) is 1.79. The number of aromatic nitrogens is 2. The molecule has 0 amide bonds. The van der Waals surface area contributed by atoms with Crippen LogP contribution in [0.3, 0.4) is 0 Å². The van der Waals surface area contributed by atoms with E-state index >= 15 is 0 Å². The molecule has 0 aliphatic rings.